The summed E-state index contributed by atoms with van der Waals surface area (Å²) in [6.45, 7) is 0.683. The third-order valence-corrected chi connectivity index (χ3v) is 3.98. The number of benzene rings is 1. The highest BCUT2D eigenvalue weighted by molar-refractivity contribution is 6.06. The van der Waals surface area contributed by atoms with Gasteiger partial charge in [0, 0.05) is 19.4 Å². The van der Waals surface area contributed by atoms with Crippen LogP contribution in [0.5, 0.6) is 0 Å². The highest BCUT2D eigenvalue weighted by atomic mass is 16.5. The second-order valence-electron chi connectivity index (χ2n) is 5.51. The molecule has 5 heteroatoms. The van der Waals surface area contributed by atoms with E-state index in [-0.39, 0.29) is 31.4 Å². The van der Waals surface area contributed by atoms with Crippen molar-refractivity contribution in [2.45, 2.75) is 24.4 Å². The number of likely N-dealkylation sites (tertiary alicyclic amines) is 1. The Balaban J connectivity index is 1.77. The van der Waals surface area contributed by atoms with Crippen LogP contribution in [0.3, 0.4) is 0 Å². The first-order valence-electron chi connectivity index (χ1n) is 6.78. The molecule has 106 valence electrons. The van der Waals surface area contributed by atoms with Crippen LogP contribution in [0, 0.1) is 0 Å². The Morgan fingerprint density at radius 1 is 1.30 bits per heavy atom. The number of ether oxygens (including phenoxy) is 1. The Morgan fingerprint density at radius 3 is 2.70 bits per heavy atom. The Kier molecular flexibility index (Phi) is 3.31. The summed E-state index contributed by atoms with van der Waals surface area (Å²) in [6.07, 6.45) is 0.639. The Bertz CT molecular complexity index is 522. The molecule has 1 N–H and O–H groups in total. The Hall–Kier alpha value is -1.72. The number of aliphatic hydroxyl groups is 1. The molecular weight excluding hydrogens is 258 g/mol. The van der Waals surface area contributed by atoms with Crippen LogP contribution in [0.1, 0.15) is 24.3 Å². The van der Waals surface area contributed by atoms with E-state index in [4.69, 9.17) is 4.74 Å². The van der Waals surface area contributed by atoms with E-state index in [0.29, 0.717) is 13.0 Å². The number of nitrogens with zero attached hydrogens (tertiary/aromatic N) is 1. The molecule has 2 heterocycles. The summed E-state index contributed by atoms with van der Waals surface area (Å²) in [7, 11) is 0. The summed E-state index contributed by atoms with van der Waals surface area (Å²) in [5, 5.41) is 10.3. The van der Waals surface area contributed by atoms with Gasteiger partial charge in [-0.05, 0) is 5.56 Å². The fraction of sp³-hybridized carbons (Fsp3) is 0.467. The first-order valence-corrected chi connectivity index (χ1v) is 6.78. The normalized spacial score (nSPS) is 30.2. The number of rotatable bonds is 3. The van der Waals surface area contributed by atoms with Crippen LogP contribution in [0.2, 0.25) is 0 Å². The van der Waals surface area contributed by atoms with Crippen molar-refractivity contribution in [1.82, 2.24) is 4.90 Å². The molecule has 0 saturated carbocycles. The van der Waals surface area contributed by atoms with Gasteiger partial charge in [0.2, 0.25) is 11.8 Å². The number of amides is 2. The standard InChI is InChI=1S/C15H17NO4/c17-13-8-12(11-4-2-1-3-5-11)14(18)16(13)9-15(19)6-7-20-10-15/h1-5,12,19H,6-10H2. The number of hydrogen-bond donors (Lipinski definition) is 1. The number of hydrogen-bond acceptors (Lipinski definition) is 4. The molecule has 2 saturated heterocycles. The molecule has 2 amide bonds. The molecule has 2 atom stereocenters. The smallest absolute Gasteiger partial charge is 0.237 e. The average Bonchev–Trinajstić information content (AvgIpc) is 2.99. The van der Waals surface area contributed by atoms with Gasteiger partial charge in [-0.1, -0.05) is 30.3 Å². The van der Waals surface area contributed by atoms with Crippen molar-refractivity contribution in [3.8, 4) is 0 Å². The van der Waals surface area contributed by atoms with Crippen LogP contribution in [-0.2, 0) is 14.3 Å². The fourth-order valence-corrected chi connectivity index (χ4v) is 2.81. The van der Waals surface area contributed by atoms with Gasteiger partial charge in [-0.25, -0.2) is 0 Å². The zero-order chi connectivity index (χ0) is 14.2. The quantitative estimate of drug-likeness (QED) is 0.824. The molecule has 2 unspecified atom stereocenters. The van der Waals surface area contributed by atoms with Gasteiger partial charge in [-0.15, -0.1) is 0 Å². The maximum absolute atomic E-state index is 12.4. The number of carbonyl (C=O) groups is 2. The molecule has 2 fully saturated rings. The van der Waals surface area contributed by atoms with E-state index in [9.17, 15) is 14.7 Å². The van der Waals surface area contributed by atoms with Crippen molar-refractivity contribution in [2.24, 2.45) is 0 Å². The van der Waals surface area contributed by atoms with Gasteiger partial charge < -0.3 is 9.84 Å². The number of imide groups is 1. The Labute approximate surface area is 117 Å². The minimum Gasteiger partial charge on any atom is -0.386 e. The van der Waals surface area contributed by atoms with Crippen molar-refractivity contribution >= 4 is 11.8 Å². The van der Waals surface area contributed by atoms with Gasteiger partial charge in [-0.2, -0.15) is 0 Å². The van der Waals surface area contributed by atoms with Gasteiger partial charge >= 0.3 is 0 Å². The molecule has 0 aliphatic carbocycles. The van der Waals surface area contributed by atoms with Crippen molar-refractivity contribution in [2.75, 3.05) is 19.8 Å². The zero-order valence-corrected chi connectivity index (χ0v) is 11.1. The third kappa shape index (κ3) is 2.34. The van der Waals surface area contributed by atoms with Gasteiger partial charge in [0.15, 0.2) is 0 Å². The lowest BCUT2D eigenvalue weighted by Crippen LogP contribution is -2.46. The molecule has 2 aliphatic rings. The molecular formula is C15H17NO4. The molecule has 1 aromatic carbocycles. The average molecular weight is 275 g/mol. The summed E-state index contributed by atoms with van der Waals surface area (Å²) < 4.78 is 5.15. The SMILES string of the molecule is O=C1CC(c2ccccc2)C(=O)N1CC1(O)CCOC1. The first kappa shape index (κ1) is 13.3. The molecule has 0 aromatic heterocycles. The largest absolute Gasteiger partial charge is 0.386 e. The zero-order valence-electron chi connectivity index (χ0n) is 11.1. The summed E-state index contributed by atoms with van der Waals surface area (Å²) in [6, 6.07) is 9.29. The molecule has 0 radical (unpaired) electrons. The maximum Gasteiger partial charge on any atom is 0.237 e. The molecule has 5 nitrogen and oxygen atoms in total. The molecule has 2 aliphatic heterocycles. The summed E-state index contributed by atoms with van der Waals surface area (Å²) in [5.41, 5.74) is -0.236. The van der Waals surface area contributed by atoms with E-state index >= 15 is 0 Å². The lowest BCUT2D eigenvalue weighted by Gasteiger charge is -2.26. The summed E-state index contributed by atoms with van der Waals surface area (Å²) >= 11 is 0. The molecule has 1 aromatic rings. The van der Waals surface area contributed by atoms with Crippen LogP contribution in [0.25, 0.3) is 0 Å². The molecule has 20 heavy (non-hydrogen) atoms. The van der Waals surface area contributed by atoms with Gasteiger partial charge in [-0.3, -0.25) is 14.5 Å². The summed E-state index contributed by atoms with van der Waals surface area (Å²) in [5.74, 6) is -0.861. The number of β-amino-alcohol motifs (C(OH)–C–C–N with tert-alkyl or cyclic N) is 1. The van der Waals surface area contributed by atoms with Crippen LogP contribution >= 0.6 is 0 Å². The van der Waals surface area contributed by atoms with E-state index in [1.807, 2.05) is 30.3 Å². The Morgan fingerprint density at radius 2 is 2.05 bits per heavy atom. The van der Waals surface area contributed by atoms with Crippen LogP contribution < -0.4 is 0 Å². The highest BCUT2D eigenvalue weighted by Crippen LogP contribution is 2.31. The minimum atomic E-state index is -1.09. The van der Waals surface area contributed by atoms with Crippen molar-refractivity contribution in [1.29, 1.82) is 0 Å². The third-order valence-electron chi connectivity index (χ3n) is 3.98. The van der Waals surface area contributed by atoms with Gasteiger partial charge in [0.05, 0.1) is 19.1 Å². The van der Waals surface area contributed by atoms with Crippen molar-refractivity contribution in [3.05, 3.63) is 35.9 Å². The molecule has 3 rings (SSSR count). The van der Waals surface area contributed by atoms with E-state index in [1.54, 1.807) is 0 Å². The van der Waals surface area contributed by atoms with Gasteiger partial charge in [0.1, 0.15) is 5.60 Å². The van der Waals surface area contributed by atoms with E-state index < -0.39 is 11.5 Å². The highest BCUT2D eigenvalue weighted by Gasteiger charge is 2.44. The van der Waals surface area contributed by atoms with Crippen LogP contribution in [0.4, 0.5) is 0 Å². The second-order valence-corrected chi connectivity index (χ2v) is 5.51. The second kappa shape index (κ2) is 5.00. The predicted molar refractivity (Wildman–Crippen MR) is 70.9 cm³/mol. The van der Waals surface area contributed by atoms with E-state index in [0.717, 1.165) is 5.56 Å². The van der Waals surface area contributed by atoms with E-state index in [2.05, 4.69) is 0 Å². The van der Waals surface area contributed by atoms with Gasteiger partial charge in [0.25, 0.3) is 0 Å². The first-order chi connectivity index (χ1) is 9.59. The molecule has 0 spiro atoms. The monoisotopic (exact) mass is 275 g/mol. The fourth-order valence-electron chi connectivity index (χ4n) is 2.81. The summed E-state index contributed by atoms with van der Waals surface area (Å²) in [4.78, 5) is 25.6. The lowest BCUT2D eigenvalue weighted by atomic mass is 9.97. The van der Waals surface area contributed by atoms with Crippen molar-refractivity contribution < 1.29 is 19.4 Å². The topological polar surface area (TPSA) is 66.8 Å². The van der Waals surface area contributed by atoms with E-state index in [1.165, 1.54) is 4.90 Å². The minimum absolute atomic E-state index is 0.0357. The van der Waals surface area contributed by atoms with Crippen molar-refractivity contribution in [3.63, 3.8) is 0 Å². The lowest BCUT2D eigenvalue weighted by molar-refractivity contribution is -0.142. The van der Waals surface area contributed by atoms with Crippen LogP contribution in [-0.4, -0.2) is 47.2 Å². The molecule has 0 bridgehead atoms. The maximum atomic E-state index is 12.4. The predicted octanol–water partition coefficient (Wildman–Crippen LogP) is 0.680. The number of carbonyl (C=O) groups excluding carboxylic acids is 2. The van der Waals surface area contributed by atoms with Crippen LogP contribution in [0.15, 0.2) is 30.3 Å².